The third-order valence-electron chi connectivity index (χ3n) is 5.53. The largest absolute Gasteiger partial charge is 0.385 e. The minimum absolute atomic E-state index is 0. The van der Waals surface area contributed by atoms with Gasteiger partial charge >= 0.3 is 0 Å². The summed E-state index contributed by atoms with van der Waals surface area (Å²) in [5.74, 6) is 1.75. The van der Waals surface area contributed by atoms with Crippen LogP contribution in [-0.2, 0) is 4.74 Å². The number of methoxy groups -OCH3 is 1. The molecule has 0 amide bonds. The van der Waals surface area contributed by atoms with Crippen LogP contribution >= 0.6 is 24.0 Å². The van der Waals surface area contributed by atoms with Crippen molar-refractivity contribution in [2.24, 2.45) is 21.7 Å². The van der Waals surface area contributed by atoms with E-state index in [2.05, 4.69) is 29.5 Å². The second kappa shape index (κ2) is 9.44. The van der Waals surface area contributed by atoms with Crippen LogP contribution in [0.4, 0.5) is 0 Å². The van der Waals surface area contributed by atoms with Gasteiger partial charge in [-0.3, -0.25) is 4.99 Å². The highest BCUT2D eigenvalue weighted by Gasteiger charge is 2.42. The van der Waals surface area contributed by atoms with E-state index in [1.165, 1.54) is 38.5 Å². The van der Waals surface area contributed by atoms with Crippen molar-refractivity contribution in [1.82, 2.24) is 10.6 Å². The summed E-state index contributed by atoms with van der Waals surface area (Å²) in [5.41, 5.74) is 0.971. The summed E-state index contributed by atoms with van der Waals surface area (Å²) in [6, 6.07) is 0. The molecule has 0 radical (unpaired) electrons. The van der Waals surface area contributed by atoms with Gasteiger partial charge < -0.3 is 15.4 Å². The molecule has 23 heavy (non-hydrogen) atoms. The highest BCUT2D eigenvalue weighted by Crippen LogP contribution is 2.48. The van der Waals surface area contributed by atoms with Crippen LogP contribution < -0.4 is 10.6 Å². The first-order chi connectivity index (χ1) is 10.5. The Labute approximate surface area is 159 Å². The maximum absolute atomic E-state index is 5.23. The fourth-order valence-electron chi connectivity index (χ4n) is 3.77. The Morgan fingerprint density at radius 3 is 2.09 bits per heavy atom. The SMILES string of the molecule is CN=C(NCC1(CCOC)CC1)NCC1(CC(C)C)CCC1.I. The zero-order valence-corrected chi connectivity index (χ0v) is 17.7. The molecule has 0 aromatic heterocycles. The smallest absolute Gasteiger partial charge is 0.191 e. The lowest BCUT2D eigenvalue weighted by atomic mass is 9.64. The molecule has 4 nitrogen and oxygen atoms in total. The minimum atomic E-state index is 0. The Hall–Kier alpha value is -0.0400. The van der Waals surface area contributed by atoms with Crippen LogP contribution in [-0.4, -0.2) is 39.8 Å². The summed E-state index contributed by atoms with van der Waals surface area (Å²) < 4.78 is 5.23. The predicted octanol–water partition coefficient (Wildman–Crippen LogP) is 3.80. The Morgan fingerprint density at radius 2 is 1.70 bits per heavy atom. The van der Waals surface area contributed by atoms with Crippen molar-refractivity contribution in [1.29, 1.82) is 0 Å². The highest BCUT2D eigenvalue weighted by atomic mass is 127. The molecular weight excluding hydrogens is 401 g/mol. The number of rotatable bonds is 9. The standard InChI is InChI=1S/C18H35N3O.HI/c1-15(2)12-18(6-5-7-18)14-21-16(19-3)20-13-17(8-9-17)10-11-22-4;/h15H,5-14H2,1-4H3,(H2,19,20,21);1H. The number of ether oxygens (including phenoxy) is 1. The fourth-order valence-corrected chi connectivity index (χ4v) is 3.77. The van der Waals surface area contributed by atoms with Gasteiger partial charge in [-0.2, -0.15) is 0 Å². The van der Waals surface area contributed by atoms with Gasteiger partial charge in [-0.05, 0) is 55.3 Å². The molecule has 0 aromatic carbocycles. The minimum Gasteiger partial charge on any atom is -0.385 e. The van der Waals surface area contributed by atoms with Crippen LogP contribution in [0.5, 0.6) is 0 Å². The Balaban J connectivity index is 0.00000264. The second-order valence-corrected chi connectivity index (χ2v) is 7.97. The van der Waals surface area contributed by atoms with E-state index in [4.69, 9.17) is 4.74 Å². The molecule has 0 aromatic rings. The van der Waals surface area contributed by atoms with Gasteiger partial charge in [-0.15, -0.1) is 24.0 Å². The van der Waals surface area contributed by atoms with E-state index in [1.54, 1.807) is 7.11 Å². The molecule has 136 valence electrons. The second-order valence-electron chi connectivity index (χ2n) is 7.97. The number of halogens is 1. The average molecular weight is 437 g/mol. The molecule has 2 aliphatic carbocycles. The van der Waals surface area contributed by atoms with E-state index in [9.17, 15) is 0 Å². The van der Waals surface area contributed by atoms with Crippen molar-refractivity contribution in [2.45, 2.75) is 58.8 Å². The van der Waals surface area contributed by atoms with Gasteiger partial charge in [0, 0.05) is 33.9 Å². The van der Waals surface area contributed by atoms with Gasteiger partial charge in [-0.25, -0.2) is 0 Å². The van der Waals surface area contributed by atoms with E-state index in [1.807, 2.05) is 7.05 Å². The molecule has 0 heterocycles. The first-order valence-corrected chi connectivity index (χ1v) is 8.97. The van der Waals surface area contributed by atoms with Crippen LogP contribution in [0.15, 0.2) is 4.99 Å². The average Bonchev–Trinajstić information content (AvgIpc) is 3.22. The predicted molar refractivity (Wildman–Crippen MR) is 109 cm³/mol. The lowest BCUT2D eigenvalue weighted by Gasteiger charge is -2.43. The zero-order valence-electron chi connectivity index (χ0n) is 15.4. The van der Waals surface area contributed by atoms with Crippen LogP contribution in [0.2, 0.25) is 0 Å². The van der Waals surface area contributed by atoms with Gasteiger partial charge in [0.15, 0.2) is 5.96 Å². The summed E-state index contributed by atoms with van der Waals surface area (Å²) in [4.78, 5) is 4.40. The van der Waals surface area contributed by atoms with Gasteiger partial charge in [-0.1, -0.05) is 20.3 Å². The molecule has 2 aliphatic rings. The molecule has 2 N–H and O–H groups in total. The molecule has 0 saturated heterocycles. The lowest BCUT2D eigenvalue weighted by Crippen LogP contribution is -2.48. The molecule has 0 atom stereocenters. The Kier molecular flexibility index (Phi) is 8.63. The molecule has 0 aliphatic heterocycles. The lowest BCUT2D eigenvalue weighted by molar-refractivity contribution is 0.104. The summed E-state index contributed by atoms with van der Waals surface area (Å²) >= 11 is 0. The zero-order chi connectivity index (χ0) is 16.1. The van der Waals surface area contributed by atoms with Crippen LogP contribution in [0.1, 0.15) is 58.8 Å². The van der Waals surface area contributed by atoms with E-state index in [0.717, 1.165) is 38.0 Å². The van der Waals surface area contributed by atoms with Crippen LogP contribution in [0, 0.1) is 16.7 Å². The quantitative estimate of drug-likeness (QED) is 0.328. The van der Waals surface area contributed by atoms with Crippen molar-refractivity contribution in [3.63, 3.8) is 0 Å². The number of guanidine groups is 1. The topological polar surface area (TPSA) is 45.7 Å². The van der Waals surface area contributed by atoms with E-state index in [0.29, 0.717) is 10.8 Å². The van der Waals surface area contributed by atoms with Gasteiger partial charge in [0.05, 0.1) is 0 Å². The third-order valence-corrected chi connectivity index (χ3v) is 5.53. The number of hydrogen-bond donors (Lipinski definition) is 2. The summed E-state index contributed by atoms with van der Waals surface area (Å²) in [6.07, 6.45) is 9.25. The molecule has 0 bridgehead atoms. The molecule has 2 fully saturated rings. The summed E-state index contributed by atoms with van der Waals surface area (Å²) in [5, 5.41) is 7.12. The number of hydrogen-bond acceptors (Lipinski definition) is 2. The fraction of sp³-hybridized carbons (Fsp3) is 0.944. The Morgan fingerprint density at radius 1 is 1.09 bits per heavy atom. The van der Waals surface area contributed by atoms with Gasteiger partial charge in [0.25, 0.3) is 0 Å². The first kappa shape index (κ1) is 21.0. The molecule has 2 rings (SSSR count). The van der Waals surface area contributed by atoms with Crippen molar-refractivity contribution >= 4 is 29.9 Å². The van der Waals surface area contributed by atoms with Crippen molar-refractivity contribution in [3.8, 4) is 0 Å². The molecule has 0 spiro atoms. The normalized spacial score (nSPS) is 21.3. The monoisotopic (exact) mass is 437 g/mol. The summed E-state index contributed by atoms with van der Waals surface area (Å²) in [6.45, 7) is 7.62. The van der Waals surface area contributed by atoms with E-state index >= 15 is 0 Å². The summed E-state index contributed by atoms with van der Waals surface area (Å²) in [7, 11) is 3.66. The van der Waals surface area contributed by atoms with Crippen molar-refractivity contribution < 1.29 is 4.74 Å². The first-order valence-electron chi connectivity index (χ1n) is 8.97. The van der Waals surface area contributed by atoms with Crippen LogP contribution in [0.3, 0.4) is 0 Å². The van der Waals surface area contributed by atoms with E-state index < -0.39 is 0 Å². The van der Waals surface area contributed by atoms with Crippen LogP contribution in [0.25, 0.3) is 0 Å². The number of aliphatic imine (C=N–C) groups is 1. The van der Waals surface area contributed by atoms with Crippen molar-refractivity contribution in [3.05, 3.63) is 0 Å². The maximum Gasteiger partial charge on any atom is 0.191 e. The van der Waals surface area contributed by atoms with E-state index in [-0.39, 0.29) is 24.0 Å². The number of nitrogens with zero attached hydrogens (tertiary/aromatic N) is 1. The van der Waals surface area contributed by atoms with Gasteiger partial charge in [0.1, 0.15) is 0 Å². The number of nitrogens with one attached hydrogen (secondary N) is 2. The third kappa shape index (κ3) is 6.40. The Bertz CT molecular complexity index is 376. The highest BCUT2D eigenvalue weighted by molar-refractivity contribution is 14.0. The molecule has 0 unspecified atom stereocenters. The maximum atomic E-state index is 5.23. The molecule has 5 heteroatoms. The van der Waals surface area contributed by atoms with Crippen molar-refractivity contribution in [2.75, 3.05) is 33.9 Å². The molecule has 2 saturated carbocycles. The molecular formula is C18H36IN3O. The van der Waals surface area contributed by atoms with Gasteiger partial charge in [0.2, 0.25) is 0 Å².